The molecule has 0 spiro atoms. The molecule has 1 atom stereocenters. The van der Waals surface area contributed by atoms with E-state index in [0.29, 0.717) is 31.7 Å². The quantitative estimate of drug-likeness (QED) is 0.214. The smallest absolute Gasteiger partial charge is 0.295 e. The molecule has 2 aromatic rings. The first-order chi connectivity index (χ1) is 16.1. The molecule has 2 heterocycles. The molecule has 7 heteroatoms. The van der Waals surface area contributed by atoms with E-state index in [1.807, 2.05) is 50.4 Å². The summed E-state index contributed by atoms with van der Waals surface area (Å²) < 4.78 is 11.4. The Morgan fingerprint density at radius 2 is 1.94 bits per heavy atom. The molecule has 1 amide bonds. The van der Waals surface area contributed by atoms with Gasteiger partial charge in [-0.05, 0) is 62.3 Å². The van der Waals surface area contributed by atoms with Crippen molar-refractivity contribution in [3.05, 3.63) is 57.3 Å². The van der Waals surface area contributed by atoms with Gasteiger partial charge >= 0.3 is 0 Å². The number of Topliss-reactive ketones (excluding diaryl/α,β-unsaturated/α-hetero) is 1. The molecule has 6 nitrogen and oxygen atoms in total. The molecule has 0 radical (unpaired) electrons. The highest BCUT2D eigenvalue weighted by molar-refractivity contribution is 7.10. The fourth-order valence-corrected chi connectivity index (χ4v) is 4.95. The molecular formula is C27H35NO5S. The van der Waals surface area contributed by atoms with Gasteiger partial charge in [0.05, 0.1) is 24.3 Å². The third-order valence-electron chi connectivity index (χ3n) is 5.71. The van der Waals surface area contributed by atoms with Crippen LogP contribution in [0, 0.1) is 0 Å². The van der Waals surface area contributed by atoms with Gasteiger partial charge in [-0.1, -0.05) is 26.8 Å². The average Bonchev–Trinajstić information content (AvgIpc) is 3.38. The Bertz CT molecular complexity index is 1050. The zero-order valence-electron chi connectivity index (χ0n) is 20.9. The van der Waals surface area contributed by atoms with Crippen molar-refractivity contribution in [3.8, 4) is 5.75 Å². The summed E-state index contributed by atoms with van der Waals surface area (Å²) in [4.78, 5) is 28.6. The second-order valence-electron chi connectivity index (χ2n) is 9.67. The molecule has 1 aromatic carbocycles. The van der Waals surface area contributed by atoms with E-state index in [1.54, 1.807) is 11.0 Å². The SMILES string of the molecule is CCOc1ccc(/C(O)=C2/C(=O)C(=O)N(CCCOC(C)C)C2c2cccs2)cc1C(C)(C)C. The first kappa shape index (κ1) is 26.0. The predicted molar refractivity (Wildman–Crippen MR) is 135 cm³/mol. The Morgan fingerprint density at radius 1 is 1.21 bits per heavy atom. The standard InChI is InChI=1S/C27H35NO5S/c1-7-32-20-12-11-18(16-19(20)27(4,5)6)24(29)22-23(21-10-8-15-34-21)28(26(31)25(22)30)13-9-14-33-17(2)3/h8,10-12,15-17,23,29H,7,9,13-14H2,1-6H3/b24-22-. The number of hydrogen-bond donors (Lipinski definition) is 1. The number of nitrogens with zero attached hydrogens (tertiary/aromatic N) is 1. The Labute approximate surface area is 206 Å². The number of carbonyl (C=O) groups is 2. The highest BCUT2D eigenvalue weighted by atomic mass is 32.1. The maximum atomic E-state index is 13.2. The van der Waals surface area contributed by atoms with E-state index >= 15 is 0 Å². The van der Waals surface area contributed by atoms with E-state index in [0.717, 1.165) is 16.2 Å². The zero-order chi connectivity index (χ0) is 25.0. The van der Waals surface area contributed by atoms with Gasteiger partial charge in [0.15, 0.2) is 0 Å². The van der Waals surface area contributed by atoms with Gasteiger partial charge in [-0.25, -0.2) is 0 Å². The van der Waals surface area contributed by atoms with Crippen molar-refractivity contribution in [2.24, 2.45) is 0 Å². The lowest BCUT2D eigenvalue weighted by atomic mass is 9.84. The number of amides is 1. The van der Waals surface area contributed by atoms with Crippen LogP contribution in [-0.2, 0) is 19.7 Å². The first-order valence-electron chi connectivity index (χ1n) is 11.8. The topological polar surface area (TPSA) is 76.1 Å². The second-order valence-corrected chi connectivity index (χ2v) is 10.7. The molecule has 0 aliphatic carbocycles. The molecule has 1 aromatic heterocycles. The van der Waals surface area contributed by atoms with Gasteiger partial charge in [-0.15, -0.1) is 11.3 Å². The molecule has 1 unspecified atom stereocenters. The summed E-state index contributed by atoms with van der Waals surface area (Å²) >= 11 is 1.46. The Balaban J connectivity index is 2.05. The summed E-state index contributed by atoms with van der Waals surface area (Å²) in [5.74, 6) is -0.670. The van der Waals surface area contributed by atoms with Crippen LogP contribution in [0.1, 0.15) is 70.0 Å². The van der Waals surface area contributed by atoms with Gasteiger partial charge in [0, 0.05) is 29.2 Å². The van der Waals surface area contributed by atoms with Crippen LogP contribution in [0.3, 0.4) is 0 Å². The van der Waals surface area contributed by atoms with E-state index in [2.05, 4.69) is 20.8 Å². The van der Waals surface area contributed by atoms with Crippen LogP contribution in [-0.4, -0.2) is 47.6 Å². The molecule has 34 heavy (non-hydrogen) atoms. The summed E-state index contributed by atoms with van der Waals surface area (Å²) in [5.41, 5.74) is 1.31. The Kier molecular flexibility index (Phi) is 8.21. The molecule has 1 N–H and O–H groups in total. The third-order valence-corrected chi connectivity index (χ3v) is 6.63. The monoisotopic (exact) mass is 485 g/mol. The van der Waals surface area contributed by atoms with Gasteiger partial charge < -0.3 is 19.5 Å². The molecular weight excluding hydrogens is 450 g/mol. The molecule has 0 bridgehead atoms. The van der Waals surface area contributed by atoms with Gasteiger partial charge in [0.2, 0.25) is 0 Å². The highest BCUT2D eigenvalue weighted by Gasteiger charge is 2.46. The average molecular weight is 486 g/mol. The van der Waals surface area contributed by atoms with Crippen LogP contribution in [0.5, 0.6) is 5.75 Å². The summed E-state index contributed by atoms with van der Waals surface area (Å²) in [6, 6.07) is 8.57. The minimum atomic E-state index is -0.660. The highest BCUT2D eigenvalue weighted by Crippen LogP contribution is 2.42. The number of aliphatic hydroxyl groups excluding tert-OH is 1. The van der Waals surface area contributed by atoms with Crippen LogP contribution < -0.4 is 4.74 Å². The van der Waals surface area contributed by atoms with Crippen LogP contribution in [0.15, 0.2) is 41.3 Å². The zero-order valence-corrected chi connectivity index (χ0v) is 21.7. The molecule has 1 aliphatic rings. The first-order valence-corrected chi connectivity index (χ1v) is 12.6. The Morgan fingerprint density at radius 3 is 2.53 bits per heavy atom. The molecule has 3 rings (SSSR count). The number of ether oxygens (including phenoxy) is 2. The van der Waals surface area contributed by atoms with Gasteiger partial charge in [0.25, 0.3) is 11.7 Å². The maximum absolute atomic E-state index is 13.2. The van der Waals surface area contributed by atoms with Crippen molar-refractivity contribution < 1.29 is 24.2 Å². The fraction of sp³-hybridized carbons (Fsp3) is 0.481. The lowest BCUT2D eigenvalue weighted by Gasteiger charge is -2.25. The van der Waals surface area contributed by atoms with Gasteiger partial charge in [0.1, 0.15) is 11.5 Å². The second kappa shape index (κ2) is 10.7. The number of likely N-dealkylation sites (tertiary alicyclic amines) is 1. The van der Waals surface area contributed by atoms with Crippen LogP contribution in [0.25, 0.3) is 5.76 Å². The lowest BCUT2D eigenvalue weighted by molar-refractivity contribution is -0.140. The van der Waals surface area contributed by atoms with E-state index in [4.69, 9.17) is 9.47 Å². The van der Waals surface area contributed by atoms with E-state index in [1.165, 1.54) is 11.3 Å². The number of hydrogen-bond acceptors (Lipinski definition) is 6. The maximum Gasteiger partial charge on any atom is 0.295 e. The van der Waals surface area contributed by atoms with E-state index in [-0.39, 0.29) is 22.9 Å². The molecule has 1 aliphatic heterocycles. The Hall–Kier alpha value is -2.64. The largest absolute Gasteiger partial charge is 0.507 e. The number of thiophene rings is 1. The van der Waals surface area contributed by atoms with Gasteiger partial charge in [-0.3, -0.25) is 9.59 Å². The van der Waals surface area contributed by atoms with E-state index in [9.17, 15) is 14.7 Å². The normalized spacial score (nSPS) is 18.2. The molecule has 1 fully saturated rings. The summed E-state index contributed by atoms with van der Waals surface area (Å²) in [5, 5.41) is 13.3. The lowest BCUT2D eigenvalue weighted by Crippen LogP contribution is -2.31. The van der Waals surface area contributed by atoms with E-state index < -0.39 is 17.7 Å². The van der Waals surface area contributed by atoms with Crippen LogP contribution >= 0.6 is 11.3 Å². The van der Waals surface area contributed by atoms with Crippen molar-refractivity contribution in [3.63, 3.8) is 0 Å². The van der Waals surface area contributed by atoms with Crippen molar-refractivity contribution in [1.29, 1.82) is 0 Å². The number of aliphatic hydroxyl groups is 1. The summed E-state index contributed by atoms with van der Waals surface area (Å²) in [6.07, 6.45) is 0.699. The number of carbonyl (C=O) groups excluding carboxylic acids is 2. The summed E-state index contributed by atoms with van der Waals surface area (Å²) in [7, 11) is 0. The third kappa shape index (κ3) is 5.53. The number of rotatable bonds is 9. The fourth-order valence-electron chi connectivity index (χ4n) is 4.11. The summed E-state index contributed by atoms with van der Waals surface area (Å²) in [6.45, 7) is 13.4. The molecule has 1 saturated heterocycles. The molecule has 184 valence electrons. The van der Waals surface area contributed by atoms with Crippen molar-refractivity contribution in [2.75, 3.05) is 19.8 Å². The van der Waals surface area contributed by atoms with Crippen molar-refractivity contribution in [1.82, 2.24) is 4.90 Å². The minimum Gasteiger partial charge on any atom is -0.507 e. The number of ketones is 1. The molecule has 0 saturated carbocycles. The van der Waals surface area contributed by atoms with Gasteiger partial charge in [-0.2, -0.15) is 0 Å². The van der Waals surface area contributed by atoms with Crippen LogP contribution in [0.2, 0.25) is 0 Å². The van der Waals surface area contributed by atoms with Crippen molar-refractivity contribution in [2.45, 2.75) is 65.5 Å². The number of benzene rings is 1. The minimum absolute atomic E-state index is 0.0974. The predicted octanol–water partition coefficient (Wildman–Crippen LogP) is 5.68. The van der Waals surface area contributed by atoms with Crippen LogP contribution in [0.4, 0.5) is 0 Å². The van der Waals surface area contributed by atoms with Crippen molar-refractivity contribution >= 4 is 28.8 Å².